The number of halogens is 1. The van der Waals surface area contributed by atoms with E-state index in [0.29, 0.717) is 18.8 Å². The average Bonchev–Trinajstić information content (AvgIpc) is 2.76. The molecule has 5 nitrogen and oxygen atoms in total. The molecule has 0 bridgehead atoms. The van der Waals surface area contributed by atoms with Crippen LogP contribution in [0.25, 0.3) is 0 Å². The Bertz CT molecular complexity index is 738. The summed E-state index contributed by atoms with van der Waals surface area (Å²) in [4.78, 5) is 0. The lowest BCUT2D eigenvalue weighted by Gasteiger charge is -2.08. The first-order chi connectivity index (χ1) is 9.32. The molecule has 0 saturated carbocycles. The molecule has 0 spiro atoms. The maximum absolute atomic E-state index is 11.4. The van der Waals surface area contributed by atoms with Gasteiger partial charge in [0.25, 0.3) is 14.2 Å². The van der Waals surface area contributed by atoms with Crippen molar-refractivity contribution in [2.45, 2.75) is 38.9 Å². The van der Waals surface area contributed by atoms with Gasteiger partial charge < -0.3 is 4.57 Å². The van der Waals surface area contributed by atoms with Crippen LogP contribution in [-0.4, -0.2) is 23.2 Å². The van der Waals surface area contributed by atoms with Gasteiger partial charge in [0.15, 0.2) is 0 Å². The van der Waals surface area contributed by atoms with Crippen molar-refractivity contribution in [1.82, 2.24) is 14.8 Å². The highest BCUT2D eigenvalue weighted by molar-refractivity contribution is 8.13. The van der Waals surface area contributed by atoms with Crippen molar-refractivity contribution >= 4 is 19.7 Å². The lowest BCUT2D eigenvalue weighted by Crippen LogP contribution is -2.09. The number of rotatable bonds is 4. The predicted molar refractivity (Wildman–Crippen MR) is 77.5 cm³/mol. The van der Waals surface area contributed by atoms with E-state index in [9.17, 15) is 8.42 Å². The summed E-state index contributed by atoms with van der Waals surface area (Å²) in [7, 11) is 1.49. The lowest BCUT2D eigenvalue weighted by atomic mass is 10.0. The van der Waals surface area contributed by atoms with E-state index in [1.54, 1.807) is 0 Å². The Morgan fingerprint density at radius 3 is 2.55 bits per heavy atom. The molecule has 108 valence electrons. The van der Waals surface area contributed by atoms with Crippen molar-refractivity contribution in [3.63, 3.8) is 0 Å². The third-order valence-corrected chi connectivity index (χ3v) is 4.33. The fourth-order valence-electron chi connectivity index (χ4n) is 2.11. The molecule has 2 aromatic rings. The zero-order valence-corrected chi connectivity index (χ0v) is 13.2. The van der Waals surface area contributed by atoms with Crippen LogP contribution in [0.4, 0.5) is 0 Å². The van der Waals surface area contributed by atoms with Gasteiger partial charge in [0, 0.05) is 23.6 Å². The SMILES string of the molecule is CCn1c(Cc2cc(C)ccc2C)nnc1S(=O)(=O)Cl. The molecule has 0 aliphatic rings. The molecule has 1 aromatic carbocycles. The molecule has 0 radical (unpaired) electrons. The Hall–Kier alpha value is -1.40. The quantitative estimate of drug-likeness (QED) is 0.813. The molecule has 20 heavy (non-hydrogen) atoms. The van der Waals surface area contributed by atoms with Gasteiger partial charge in [0.1, 0.15) is 5.82 Å². The standard InChI is InChI=1S/C13H16ClN3O2S/c1-4-17-12(15-16-13(17)20(14,18)19)8-11-7-9(2)5-6-10(11)3/h5-7H,4,8H2,1-3H3. The van der Waals surface area contributed by atoms with Gasteiger partial charge in [0.05, 0.1) is 0 Å². The summed E-state index contributed by atoms with van der Waals surface area (Å²) in [5.74, 6) is 0.598. The summed E-state index contributed by atoms with van der Waals surface area (Å²) in [6.07, 6.45) is 0.529. The monoisotopic (exact) mass is 313 g/mol. The van der Waals surface area contributed by atoms with Crippen molar-refractivity contribution in [3.8, 4) is 0 Å². The van der Waals surface area contributed by atoms with Gasteiger partial charge >= 0.3 is 0 Å². The van der Waals surface area contributed by atoms with Crippen LogP contribution in [0.3, 0.4) is 0 Å². The van der Waals surface area contributed by atoms with E-state index in [4.69, 9.17) is 10.7 Å². The fourth-order valence-corrected chi connectivity index (χ4v) is 3.09. The Labute approximate surface area is 123 Å². The van der Waals surface area contributed by atoms with Crippen LogP contribution in [0, 0.1) is 13.8 Å². The Kier molecular flexibility index (Phi) is 4.15. The van der Waals surface area contributed by atoms with Crippen LogP contribution < -0.4 is 0 Å². The normalized spacial score (nSPS) is 11.8. The first-order valence-corrected chi connectivity index (χ1v) is 8.56. The molecule has 0 fully saturated rings. The number of benzene rings is 1. The molecule has 0 aliphatic carbocycles. The molecule has 0 N–H and O–H groups in total. The molecule has 1 heterocycles. The lowest BCUT2D eigenvalue weighted by molar-refractivity contribution is 0.576. The largest absolute Gasteiger partial charge is 0.301 e. The van der Waals surface area contributed by atoms with Gasteiger partial charge in [-0.05, 0) is 31.9 Å². The van der Waals surface area contributed by atoms with Crippen molar-refractivity contribution < 1.29 is 8.42 Å². The van der Waals surface area contributed by atoms with E-state index >= 15 is 0 Å². The summed E-state index contributed by atoms with van der Waals surface area (Å²) >= 11 is 0. The Morgan fingerprint density at radius 2 is 1.95 bits per heavy atom. The maximum atomic E-state index is 11.4. The molecule has 7 heteroatoms. The van der Waals surface area contributed by atoms with Gasteiger partial charge in [-0.2, -0.15) is 0 Å². The average molecular weight is 314 g/mol. The summed E-state index contributed by atoms with van der Waals surface area (Å²) in [6.45, 7) is 6.32. The highest BCUT2D eigenvalue weighted by Gasteiger charge is 2.21. The van der Waals surface area contributed by atoms with Crippen LogP contribution >= 0.6 is 10.7 Å². The molecule has 2 rings (SSSR count). The van der Waals surface area contributed by atoms with Crippen LogP contribution in [0.15, 0.2) is 23.4 Å². The molecule has 1 aromatic heterocycles. The number of hydrogen-bond acceptors (Lipinski definition) is 4. The van der Waals surface area contributed by atoms with E-state index in [1.165, 1.54) is 4.57 Å². The molecule has 0 amide bonds. The minimum atomic E-state index is -3.87. The molecule has 0 saturated heterocycles. The van der Waals surface area contributed by atoms with Crippen molar-refractivity contribution in [2.24, 2.45) is 0 Å². The summed E-state index contributed by atoms with van der Waals surface area (Å²) < 4.78 is 24.4. The van der Waals surface area contributed by atoms with Gasteiger partial charge in [-0.1, -0.05) is 23.8 Å². The van der Waals surface area contributed by atoms with Gasteiger partial charge in [-0.3, -0.25) is 0 Å². The van der Waals surface area contributed by atoms with E-state index in [2.05, 4.69) is 16.3 Å². The third-order valence-electron chi connectivity index (χ3n) is 3.18. The van der Waals surface area contributed by atoms with Crippen LogP contribution in [0.1, 0.15) is 29.4 Å². The number of hydrogen-bond donors (Lipinski definition) is 0. The zero-order valence-electron chi connectivity index (χ0n) is 11.6. The topological polar surface area (TPSA) is 64.8 Å². The second-order valence-corrected chi connectivity index (χ2v) is 7.15. The van der Waals surface area contributed by atoms with Crippen molar-refractivity contribution in [1.29, 1.82) is 0 Å². The van der Waals surface area contributed by atoms with E-state index in [1.807, 2.05) is 32.9 Å². The fraction of sp³-hybridized carbons (Fsp3) is 0.385. The molecule has 0 aliphatic heterocycles. The Morgan fingerprint density at radius 1 is 1.25 bits per heavy atom. The van der Waals surface area contributed by atoms with Gasteiger partial charge in [-0.15, -0.1) is 10.2 Å². The predicted octanol–water partition coefficient (Wildman–Crippen LogP) is 2.43. The summed E-state index contributed by atoms with van der Waals surface area (Å²) in [5, 5.41) is 7.48. The second-order valence-electron chi connectivity index (χ2n) is 4.69. The highest BCUT2D eigenvalue weighted by atomic mass is 35.7. The van der Waals surface area contributed by atoms with Crippen LogP contribution in [0.5, 0.6) is 0 Å². The molecule has 0 unspecified atom stereocenters. The van der Waals surface area contributed by atoms with Crippen molar-refractivity contribution in [2.75, 3.05) is 0 Å². The smallest absolute Gasteiger partial charge is 0.296 e. The van der Waals surface area contributed by atoms with Crippen LogP contribution in [-0.2, 0) is 22.0 Å². The minimum Gasteiger partial charge on any atom is -0.301 e. The van der Waals surface area contributed by atoms with Gasteiger partial charge in [-0.25, -0.2) is 8.42 Å². The molecular formula is C13H16ClN3O2S. The van der Waals surface area contributed by atoms with Crippen molar-refractivity contribution in [3.05, 3.63) is 40.7 Å². The first kappa shape index (κ1) is 15.0. The van der Waals surface area contributed by atoms with E-state index < -0.39 is 9.05 Å². The third kappa shape index (κ3) is 3.02. The minimum absolute atomic E-state index is 0.193. The zero-order chi connectivity index (χ0) is 14.9. The summed E-state index contributed by atoms with van der Waals surface area (Å²) in [5.41, 5.74) is 3.39. The molecular weight excluding hydrogens is 298 g/mol. The maximum Gasteiger partial charge on any atom is 0.296 e. The molecule has 0 atom stereocenters. The second kappa shape index (κ2) is 5.54. The number of aryl methyl sites for hydroxylation is 2. The first-order valence-electron chi connectivity index (χ1n) is 6.25. The number of nitrogens with zero attached hydrogens (tertiary/aromatic N) is 3. The highest BCUT2D eigenvalue weighted by Crippen LogP contribution is 2.18. The van der Waals surface area contributed by atoms with E-state index in [-0.39, 0.29) is 5.16 Å². The summed E-state index contributed by atoms with van der Waals surface area (Å²) in [6, 6.07) is 6.15. The van der Waals surface area contributed by atoms with Gasteiger partial charge in [0.2, 0.25) is 0 Å². The van der Waals surface area contributed by atoms with E-state index in [0.717, 1.165) is 16.7 Å². The van der Waals surface area contributed by atoms with Crippen LogP contribution in [0.2, 0.25) is 0 Å². The Balaban J connectivity index is 2.45. The number of aromatic nitrogens is 3.